The van der Waals surface area contributed by atoms with E-state index in [9.17, 15) is 8.42 Å². The highest BCUT2D eigenvalue weighted by Crippen LogP contribution is 2.24. The maximum atomic E-state index is 12.1. The van der Waals surface area contributed by atoms with Crippen molar-refractivity contribution in [1.29, 1.82) is 0 Å². The van der Waals surface area contributed by atoms with Crippen LogP contribution in [0.4, 0.5) is 5.82 Å². The number of nitrogens with one attached hydrogen (secondary N) is 1. The van der Waals surface area contributed by atoms with E-state index in [1.54, 1.807) is 18.2 Å². The number of hydrogen-bond donors (Lipinski definition) is 1. The molecule has 0 aliphatic carbocycles. The predicted octanol–water partition coefficient (Wildman–Crippen LogP) is 2.69. The third kappa shape index (κ3) is 2.80. The summed E-state index contributed by atoms with van der Waals surface area (Å²) in [5.74, 6) is -0.00470. The lowest BCUT2D eigenvalue weighted by Crippen LogP contribution is -2.15. The van der Waals surface area contributed by atoms with Gasteiger partial charge in [0.25, 0.3) is 10.0 Å². The molecule has 94 valence electrons. The largest absolute Gasteiger partial charge is 0.264 e. The first-order chi connectivity index (χ1) is 8.50. The van der Waals surface area contributed by atoms with Crippen LogP contribution in [0.25, 0.3) is 0 Å². The van der Waals surface area contributed by atoms with Crippen LogP contribution in [-0.4, -0.2) is 18.4 Å². The van der Waals surface area contributed by atoms with Crippen LogP contribution in [0.1, 0.15) is 0 Å². The van der Waals surface area contributed by atoms with Crippen molar-refractivity contribution in [3.8, 4) is 0 Å². The molecule has 0 aliphatic rings. The Hall–Kier alpha value is -1.18. The topological polar surface area (TPSA) is 72.0 Å². The van der Waals surface area contributed by atoms with E-state index >= 15 is 0 Å². The molecular weight excluding hydrogens is 342 g/mol. The molecule has 2 rings (SSSR count). The van der Waals surface area contributed by atoms with E-state index in [2.05, 4.69) is 30.6 Å². The zero-order chi connectivity index (χ0) is 13.2. The smallest absolute Gasteiger partial charge is 0.261 e. The number of halogens is 2. The summed E-state index contributed by atoms with van der Waals surface area (Å²) in [5, 5.41) is -0.00636. The Bertz CT molecular complexity index is 678. The summed E-state index contributed by atoms with van der Waals surface area (Å²) in [5.41, 5.74) is 0. The molecule has 0 fully saturated rings. The molecule has 0 amide bonds. The summed E-state index contributed by atoms with van der Waals surface area (Å²) < 4.78 is 27.0. The van der Waals surface area contributed by atoms with Crippen LogP contribution in [-0.2, 0) is 10.0 Å². The Morgan fingerprint density at radius 1 is 1.17 bits per heavy atom. The van der Waals surface area contributed by atoms with E-state index < -0.39 is 10.0 Å². The van der Waals surface area contributed by atoms with Crippen molar-refractivity contribution < 1.29 is 8.42 Å². The summed E-state index contributed by atoms with van der Waals surface area (Å²) in [4.78, 5) is 7.67. The van der Waals surface area contributed by atoms with Gasteiger partial charge in [0.05, 0.1) is 0 Å². The molecule has 0 aliphatic heterocycles. The summed E-state index contributed by atoms with van der Waals surface area (Å²) in [6.07, 6.45) is 2.72. The highest BCUT2D eigenvalue weighted by molar-refractivity contribution is 9.10. The van der Waals surface area contributed by atoms with Gasteiger partial charge in [-0.25, -0.2) is 18.4 Å². The maximum Gasteiger partial charge on any atom is 0.264 e. The lowest BCUT2D eigenvalue weighted by atomic mass is 10.4. The molecule has 0 atom stereocenters. The van der Waals surface area contributed by atoms with Crippen molar-refractivity contribution in [1.82, 2.24) is 9.97 Å². The molecular formula is C10H7BrClN3O2S. The van der Waals surface area contributed by atoms with E-state index in [1.807, 2.05) is 0 Å². The van der Waals surface area contributed by atoms with Crippen molar-refractivity contribution in [2.45, 2.75) is 4.90 Å². The lowest BCUT2D eigenvalue weighted by molar-refractivity contribution is 0.600. The molecule has 0 bridgehead atoms. The first-order valence-corrected chi connectivity index (χ1v) is 7.40. The van der Waals surface area contributed by atoms with Gasteiger partial charge in [0, 0.05) is 16.9 Å². The molecule has 0 unspecified atom stereocenters. The van der Waals surface area contributed by atoms with Crippen LogP contribution < -0.4 is 4.72 Å². The summed E-state index contributed by atoms with van der Waals surface area (Å²) in [6.45, 7) is 0. The van der Waals surface area contributed by atoms with Crippen LogP contribution in [0, 0.1) is 0 Å². The second-order valence-electron chi connectivity index (χ2n) is 3.23. The number of hydrogen-bond acceptors (Lipinski definition) is 4. The predicted molar refractivity (Wildman–Crippen MR) is 72.0 cm³/mol. The Balaban J connectivity index is 2.40. The zero-order valence-electron chi connectivity index (χ0n) is 8.84. The minimum atomic E-state index is -3.75. The fourth-order valence-electron chi connectivity index (χ4n) is 1.23. The van der Waals surface area contributed by atoms with Crippen LogP contribution in [0.5, 0.6) is 0 Å². The molecule has 1 N–H and O–H groups in total. The van der Waals surface area contributed by atoms with Gasteiger partial charge in [-0.15, -0.1) is 0 Å². The van der Waals surface area contributed by atoms with E-state index in [0.717, 1.165) is 0 Å². The highest BCUT2D eigenvalue weighted by Gasteiger charge is 2.19. The van der Waals surface area contributed by atoms with Gasteiger partial charge in [-0.1, -0.05) is 23.7 Å². The van der Waals surface area contributed by atoms with Gasteiger partial charge >= 0.3 is 0 Å². The van der Waals surface area contributed by atoms with Crippen molar-refractivity contribution in [3.05, 3.63) is 46.3 Å². The number of anilines is 1. The highest BCUT2D eigenvalue weighted by atomic mass is 79.9. The number of benzene rings is 1. The fourth-order valence-corrected chi connectivity index (χ4v) is 3.46. The zero-order valence-corrected chi connectivity index (χ0v) is 12.0. The summed E-state index contributed by atoms with van der Waals surface area (Å²) in [7, 11) is -3.75. The molecule has 0 saturated carbocycles. The van der Waals surface area contributed by atoms with Crippen molar-refractivity contribution in [3.63, 3.8) is 0 Å². The molecule has 2 aromatic rings. The minimum absolute atomic E-state index is 0.00470. The number of nitrogens with zero attached hydrogens (tertiary/aromatic N) is 2. The monoisotopic (exact) mass is 347 g/mol. The first kappa shape index (κ1) is 13.3. The van der Waals surface area contributed by atoms with Crippen LogP contribution in [0.3, 0.4) is 0 Å². The van der Waals surface area contributed by atoms with Crippen molar-refractivity contribution in [2.24, 2.45) is 0 Å². The molecule has 0 saturated heterocycles. The molecule has 0 radical (unpaired) electrons. The third-order valence-corrected chi connectivity index (χ3v) is 4.64. The average molecular weight is 349 g/mol. The fraction of sp³-hybridized carbons (Fsp3) is 0. The molecule has 5 nitrogen and oxygen atoms in total. The van der Waals surface area contributed by atoms with E-state index in [-0.39, 0.29) is 15.9 Å². The first-order valence-electron chi connectivity index (χ1n) is 4.74. The number of aromatic nitrogens is 2. The Kier molecular flexibility index (Phi) is 3.84. The Morgan fingerprint density at radius 2 is 1.83 bits per heavy atom. The average Bonchev–Trinajstić information content (AvgIpc) is 2.32. The molecule has 8 heteroatoms. The SMILES string of the molecule is O=S(=O)(Nc1nccnc1Cl)c1ccccc1Br. The van der Waals surface area contributed by atoms with Crippen LogP contribution >= 0.6 is 27.5 Å². The van der Waals surface area contributed by atoms with Gasteiger partial charge in [-0.2, -0.15) is 0 Å². The standard InChI is InChI=1S/C10H7BrClN3O2S/c11-7-3-1-2-4-8(7)18(16,17)15-10-9(12)13-5-6-14-10/h1-6H,(H,14,15). The quantitative estimate of drug-likeness (QED) is 0.925. The van der Waals surface area contributed by atoms with Gasteiger partial charge in [0.15, 0.2) is 11.0 Å². The molecule has 1 heterocycles. The van der Waals surface area contributed by atoms with E-state index in [0.29, 0.717) is 4.47 Å². The van der Waals surface area contributed by atoms with Gasteiger partial charge in [0.1, 0.15) is 4.90 Å². The molecule has 18 heavy (non-hydrogen) atoms. The van der Waals surface area contributed by atoms with Gasteiger partial charge in [-0.05, 0) is 28.1 Å². The minimum Gasteiger partial charge on any atom is -0.261 e. The maximum absolute atomic E-state index is 12.1. The second kappa shape index (κ2) is 5.21. The van der Waals surface area contributed by atoms with Crippen molar-refractivity contribution >= 4 is 43.4 Å². The van der Waals surface area contributed by atoms with Gasteiger partial charge in [0.2, 0.25) is 0 Å². The molecule has 0 spiro atoms. The van der Waals surface area contributed by atoms with E-state index in [1.165, 1.54) is 18.5 Å². The normalized spacial score (nSPS) is 11.2. The molecule has 1 aromatic heterocycles. The number of rotatable bonds is 3. The van der Waals surface area contributed by atoms with Crippen LogP contribution in [0.15, 0.2) is 46.0 Å². The van der Waals surface area contributed by atoms with E-state index in [4.69, 9.17) is 11.6 Å². The third-order valence-electron chi connectivity index (χ3n) is 2.01. The second-order valence-corrected chi connectivity index (χ2v) is 6.09. The summed E-state index contributed by atoms with van der Waals surface area (Å²) >= 11 is 8.92. The Morgan fingerprint density at radius 3 is 2.50 bits per heavy atom. The summed E-state index contributed by atoms with van der Waals surface area (Å²) in [6, 6.07) is 6.44. The van der Waals surface area contributed by atoms with Crippen LogP contribution in [0.2, 0.25) is 5.15 Å². The molecule has 1 aromatic carbocycles. The number of sulfonamides is 1. The lowest BCUT2D eigenvalue weighted by Gasteiger charge is -2.09. The van der Waals surface area contributed by atoms with Gasteiger partial charge < -0.3 is 0 Å². The van der Waals surface area contributed by atoms with Gasteiger partial charge in [-0.3, -0.25) is 4.72 Å². The van der Waals surface area contributed by atoms with Crippen molar-refractivity contribution in [2.75, 3.05) is 4.72 Å². The Labute approximate surface area is 117 Å².